The van der Waals surface area contributed by atoms with Crippen LogP contribution in [-0.4, -0.2) is 23.4 Å². The van der Waals surface area contributed by atoms with E-state index < -0.39 is 0 Å². The summed E-state index contributed by atoms with van der Waals surface area (Å²) in [7, 11) is 1.61. The van der Waals surface area contributed by atoms with E-state index in [1.165, 1.54) is 6.21 Å². The number of rotatable bonds is 4. The molecule has 0 bridgehead atoms. The second kappa shape index (κ2) is 6.13. The minimum absolute atomic E-state index is 0.254. The molecule has 1 heterocycles. The van der Waals surface area contributed by atoms with Gasteiger partial charge in [-0.25, -0.2) is 4.98 Å². The van der Waals surface area contributed by atoms with Crippen LogP contribution in [0.25, 0.3) is 11.5 Å². The molecule has 0 spiro atoms. The number of benzene rings is 2. The van der Waals surface area contributed by atoms with E-state index in [4.69, 9.17) is 9.15 Å². The van der Waals surface area contributed by atoms with Crippen LogP contribution in [0.5, 0.6) is 11.7 Å². The van der Waals surface area contributed by atoms with Gasteiger partial charge in [-0.1, -0.05) is 18.2 Å². The summed E-state index contributed by atoms with van der Waals surface area (Å²) in [5, 5.41) is 9.81. The molecule has 0 saturated carbocycles. The second-order valence-corrected chi connectivity index (χ2v) is 4.53. The van der Waals surface area contributed by atoms with E-state index in [1.54, 1.807) is 7.11 Å². The van der Waals surface area contributed by atoms with Gasteiger partial charge in [0.15, 0.2) is 5.69 Å². The summed E-state index contributed by atoms with van der Waals surface area (Å²) in [5.74, 6) is 0.861. The van der Waals surface area contributed by atoms with Crippen molar-refractivity contribution in [3.63, 3.8) is 0 Å². The smallest absolute Gasteiger partial charge is 0.312 e. The quantitative estimate of drug-likeness (QED) is 0.743. The second-order valence-electron chi connectivity index (χ2n) is 4.53. The molecule has 2 aromatic carbocycles. The van der Waals surface area contributed by atoms with E-state index in [1.807, 2.05) is 54.6 Å². The van der Waals surface area contributed by atoms with Crippen LogP contribution in [0.4, 0.5) is 5.69 Å². The number of nitrogens with zero attached hydrogens (tertiary/aromatic N) is 2. The molecule has 5 heteroatoms. The molecule has 0 unspecified atom stereocenters. The zero-order chi connectivity index (χ0) is 15.4. The molecule has 0 atom stereocenters. The molecule has 0 saturated heterocycles. The summed E-state index contributed by atoms with van der Waals surface area (Å²) in [6, 6.07) is 16.6. The predicted octanol–water partition coefficient (Wildman–Crippen LogP) is 3.81. The number of methoxy groups -OCH3 is 1. The van der Waals surface area contributed by atoms with E-state index >= 15 is 0 Å². The third-order valence-corrected chi connectivity index (χ3v) is 3.06. The summed E-state index contributed by atoms with van der Waals surface area (Å²) in [4.78, 5) is 8.49. The highest BCUT2D eigenvalue weighted by Gasteiger charge is 2.11. The lowest BCUT2D eigenvalue weighted by molar-refractivity contribution is 0.337. The molecule has 22 heavy (non-hydrogen) atoms. The highest BCUT2D eigenvalue weighted by atomic mass is 16.5. The van der Waals surface area contributed by atoms with Gasteiger partial charge in [0.1, 0.15) is 5.75 Å². The van der Waals surface area contributed by atoms with Gasteiger partial charge >= 0.3 is 5.95 Å². The summed E-state index contributed by atoms with van der Waals surface area (Å²) >= 11 is 0. The van der Waals surface area contributed by atoms with Crippen molar-refractivity contribution < 1.29 is 14.3 Å². The monoisotopic (exact) mass is 294 g/mol. The molecule has 0 radical (unpaired) electrons. The molecule has 3 rings (SSSR count). The Kier molecular flexibility index (Phi) is 3.87. The topological polar surface area (TPSA) is 67.9 Å². The van der Waals surface area contributed by atoms with Crippen molar-refractivity contribution in [3.8, 4) is 23.1 Å². The predicted molar refractivity (Wildman–Crippen MR) is 83.9 cm³/mol. The van der Waals surface area contributed by atoms with Crippen molar-refractivity contribution in [1.82, 2.24) is 4.98 Å². The van der Waals surface area contributed by atoms with Crippen LogP contribution in [0, 0.1) is 0 Å². The van der Waals surface area contributed by atoms with Crippen molar-refractivity contribution >= 4 is 11.9 Å². The number of aliphatic imine (C=N–C) groups is 1. The highest BCUT2D eigenvalue weighted by molar-refractivity contribution is 5.82. The fraction of sp³-hybridized carbons (Fsp3) is 0.0588. The van der Waals surface area contributed by atoms with Gasteiger partial charge in [-0.15, -0.1) is 0 Å². The Balaban J connectivity index is 1.83. The van der Waals surface area contributed by atoms with Gasteiger partial charge in [0, 0.05) is 5.56 Å². The number of hydrogen-bond acceptors (Lipinski definition) is 5. The number of ether oxygens (including phenoxy) is 1. The van der Waals surface area contributed by atoms with Gasteiger partial charge in [0.05, 0.1) is 19.0 Å². The molecule has 5 nitrogen and oxygen atoms in total. The van der Waals surface area contributed by atoms with Crippen molar-refractivity contribution in [1.29, 1.82) is 0 Å². The fourth-order valence-electron chi connectivity index (χ4n) is 1.92. The fourth-order valence-corrected chi connectivity index (χ4v) is 1.92. The summed E-state index contributed by atoms with van der Waals surface area (Å²) in [6.45, 7) is 0. The van der Waals surface area contributed by atoms with Crippen LogP contribution in [-0.2, 0) is 0 Å². The van der Waals surface area contributed by atoms with Crippen molar-refractivity contribution in [2.24, 2.45) is 4.99 Å². The number of oxazole rings is 1. The van der Waals surface area contributed by atoms with Gasteiger partial charge in [-0.2, -0.15) is 0 Å². The highest BCUT2D eigenvalue weighted by Crippen LogP contribution is 2.25. The SMILES string of the molecule is COc1ccc(N=Cc2nc(-c3ccccc3)oc2O)cc1. The van der Waals surface area contributed by atoms with Gasteiger partial charge < -0.3 is 14.3 Å². The first kappa shape index (κ1) is 13.9. The minimum Gasteiger partial charge on any atom is -0.497 e. The number of aromatic hydroxyl groups is 1. The summed E-state index contributed by atoms with van der Waals surface area (Å²) in [6.07, 6.45) is 1.47. The van der Waals surface area contributed by atoms with Gasteiger partial charge in [-0.3, -0.25) is 4.99 Å². The molecule has 110 valence electrons. The Morgan fingerprint density at radius 2 is 1.82 bits per heavy atom. The van der Waals surface area contributed by atoms with Crippen LogP contribution in [0.1, 0.15) is 5.69 Å². The van der Waals surface area contributed by atoms with Crippen molar-refractivity contribution in [2.45, 2.75) is 0 Å². The Morgan fingerprint density at radius 1 is 1.09 bits per heavy atom. The largest absolute Gasteiger partial charge is 0.497 e. The van der Waals surface area contributed by atoms with E-state index in [2.05, 4.69) is 9.98 Å². The normalized spacial score (nSPS) is 11.0. The molecule has 0 fully saturated rings. The first-order valence-corrected chi connectivity index (χ1v) is 6.69. The maximum absolute atomic E-state index is 9.81. The van der Waals surface area contributed by atoms with Crippen LogP contribution in [0.15, 0.2) is 64.0 Å². The van der Waals surface area contributed by atoms with Crippen molar-refractivity contribution in [2.75, 3.05) is 7.11 Å². The first-order chi connectivity index (χ1) is 10.8. The third-order valence-electron chi connectivity index (χ3n) is 3.06. The standard InChI is InChI=1S/C17H14N2O3/c1-21-14-9-7-13(8-10-14)18-11-15-17(20)22-16(19-15)12-5-3-2-4-6-12/h2-11,20H,1H3. The van der Waals surface area contributed by atoms with E-state index in [9.17, 15) is 5.11 Å². The van der Waals surface area contributed by atoms with Crippen LogP contribution < -0.4 is 4.74 Å². The number of aromatic nitrogens is 1. The van der Waals surface area contributed by atoms with Crippen LogP contribution >= 0.6 is 0 Å². The first-order valence-electron chi connectivity index (χ1n) is 6.69. The van der Waals surface area contributed by atoms with Crippen LogP contribution in [0.3, 0.4) is 0 Å². The van der Waals surface area contributed by atoms with Gasteiger partial charge in [0.2, 0.25) is 5.89 Å². The zero-order valence-corrected chi connectivity index (χ0v) is 11.9. The Labute approximate surface area is 127 Å². The molecule has 1 N–H and O–H groups in total. The number of hydrogen-bond donors (Lipinski definition) is 1. The Bertz CT molecular complexity index is 777. The van der Waals surface area contributed by atoms with E-state index in [0.717, 1.165) is 17.0 Å². The minimum atomic E-state index is -0.254. The van der Waals surface area contributed by atoms with Gasteiger partial charge in [-0.05, 0) is 36.4 Å². The lowest BCUT2D eigenvalue weighted by atomic mass is 10.2. The molecular formula is C17H14N2O3. The molecule has 0 aliphatic heterocycles. The average Bonchev–Trinajstić information content (AvgIpc) is 2.95. The Morgan fingerprint density at radius 3 is 2.50 bits per heavy atom. The van der Waals surface area contributed by atoms with E-state index in [-0.39, 0.29) is 11.6 Å². The summed E-state index contributed by atoms with van der Waals surface area (Å²) in [5.41, 5.74) is 1.81. The van der Waals surface area contributed by atoms with Crippen LogP contribution in [0.2, 0.25) is 0 Å². The van der Waals surface area contributed by atoms with Crippen molar-refractivity contribution in [3.05, 3.63) is 60.3 Å². The maximum atomic E-state index is 9.81. The average molecular weight is 294 g/mol. The molecule has 0 aliphatic rings. The molecule has 0 aliphatic carbocycles. The maximum Gasteiger partial charge on any atom is 0.312 e. The molecular weight excluding hydrogens is 280 g/mol. The third kappa shape index (κ3) is 2.98. The lowest BCUT2D eigenvalue weighted by Crippen LogP contribution is -1.83. The zero-order valence-electron chi connectivity index (χ0n) is 11.9. The lowest BCUT2D eigenvalue weighted by Gasteiger charge is -1.98. The van der Waals surface area contributed by atoms with E-state index in [0.29, 0.717) is 5.89 Å². The Hall–Kier alpha value is -3.08. The molecule has 0 amide bonds. The molecule has 3 aromatic rings. The summed E-state index contributed by atoms with van der Waals surface area (Å²) < 4.78 is 10.3. The molecule has 1 aromatic heterocycles. The van der Waals surface area contributed by atoms with Gasteiger partial charge in [0.25, 0.3) is 0 Å².